The molecule has 25 heavy (non-hydrogen) atoms. The molecule has 2 aromatic carbocycles. The lowest BCUT2D eigenvalue weighted by Crippen LogP contribution is -2.25. The van der Waals surface area contributed by atoms with E-state index in [1.807, 2.05) is 12.1 Å². The molecule has 0 atom stereocenters. The Morgan fingerprint density at radius 1 is 0.920 bits per heavy atom. The van der Waals surface area contributed by atoms with Crippen LogP contribution >= 0.6 is 0 Å². The highest BCUT2D eigenvalue weighted by atomic mass is 19.1. The van der Waals surface area contributed by atoms with Gasteiger partial charge in [0.15, 0.2) is 0 Å². The van der Waals surface area contributed by atoms with E-state index in [1.54, 1.807) is 38.4 Å². The van der Waals surface area contributed by atoms with Crippen molar-refractivity contribution in [2.75, 3.05) is 20.6 Å². The summed E-state index contributed by atoms with van der Waals surface area (Å²) in [6.07, 6.45) is 1.69. The van der Waals surface area contributed by atoms with Crippen molar-refractivity contribution in [1.82, 2.24) is 10.2 Å². The van der Waals surface area contributed by atoms with Crippen LogP contribution in [0.2, 0.25) is 0 Å². The van der Waals surface area contributed by atoms with Gasteiger partial charge in [0.05, 0.1) is 0 Å². The van der Waals surface area contributed by atoms with E-state index in [2.05, 4.69) is 5.32 Å². The van der Waals surface area contributed by atoms with Gasteiger partial charge in [-0.25, -0.2) is 4.39 Å². The molecule has 0 aromatic heterocycles. The molecule has 0 radical (unpaired) electrons. The van der Waals surface area contributed by atoms with E-state index >= 15 is 0 Å². The Kier molecular flexibility index (Phi) is 6.69. The second-order valence-corrected chi connectivity index (χ2v) is 6.12. The number of hydrogen-bond acceptors (Lipinski definition) is 2. The highest BCUT2D eigenvalue weighted by molar-refractivity contribution is 5.93. The van der Waals surface area contributed by atoms with Crippen molar-refractivity contribution in [3.05, 3.63) is 71.0 Å². The number of hydrogen-bond donors (Lipinski definition) is 1. The lowest BCUT2D eigenvalue weighted by Gasteiger charge is -2.10. The third-order valence-electron chi connectivity index (χ3n) is 3.90. The van der Waals surface area contributed by atoms with E-state index in [9.17, 15) is 14.0 Å². The van der Waals surface area contributed by atoms with Gasteiger partial charge in [0.25, 0.3) is 5.91 Å². The quantitative estimate of drug-likeness (QED) is 0.841. The van der Waals surface area contributed by atoms with Crippen LogP contribution in [-0.2, 0) is 17.6 Å². The Labute approximate surface area is 147 Å². The monoisotopic (exact) mass is 342 g/mol. The molecule has 0 heterocycles. The number of nitrogens with zero attached hydrogens (tertiary/aromatic N) is 1. The molecule has 0 bridgehead atoms. The van der Waals surface area contributed by atoms with Crippen molar-refractivity contribution in [2.45, 2.75) is 19.3 Å². The molecular formula is C20H23FN2O2. The van der Waals surface area contributed by atoms with E-state index in [4.69, 9.17) is 0 Å². The van der Waals surface area contributed by atoms with Crippen molar-refractivity contribution in [3.8, 4) is 0 Å². The average Bonchev–Trinajstić information content (AvgIpc) is 2.61. The summed E-state index contributed by atoms with van der Waals surface area (Å²) in [5.41, 5.74) is 2.64. The first-order chi connectivity index (χ1) is 12.0. The fourth-order valence-corrected chi connectivity index (χ4v) is 2.42. The highest BCUT2D eigenvalue weighted by Crippen LogP contribution is 2.08. The van der Waals surface area contributed by atoms with Crippen LogP contribution in [0.3, 0.4) is 0 Å². The Morgan fingerprint density at radius 2 is 1.48 bits per heavy atom. The zero-order valence-electron chi connectivity index (χ0n) is 14.6. The Hall–Kier alpha value is -2.69. The predicted octanol–water partition coefficient (Wildman–Crippen LogP) is 2.82. The van der Waals surface area contributed by atoms with Crippen LogP contribution < -0.4 is 5.32 Å². The normalized spacial score (nSPS) is 10.4. The van der Waals surface area contributed by atoms with Gasteiger partial charge in [-0.2, -0.15) is 0 Å². The number of halogens is 1. The van der Waals surface area contributed by atoms with Gasteiger partial charge in [0, 0.05) is 32.6 Å². The molecule has 2 amide bonds. The largest absolute Gasteiger partial charge is 0.356 e. The summed E-state index contributed by atoms with van der Waals surface area (Å²) in [6.45, 7) is 0.529. The molecule has 4 nitrogen and oxygen atoms in total. The number of benzene rings is 2. The lowest BCUT2D eigenvalue weighted by molar-refractivity contribution is -0.121. The second-order valence-electron chi connectivity index (χ2n) is 6.12. The summed E-state index contributed by atoms with van der Waals surface area (Å²) in [6, 6.07) is 13.6. The molecule has 2 aromatic rings. The van der Waals surface area contributed by atoms with Crippen molar-refractivity contribution >= 4 is 11.8 Å². The maximum atomic E-state index is 12.8. The van der Waals surface area contributed by atoms with Crippen molar-refractivity contribution in [3.63, 3.8) is 0 Å². The number of rotatable bonds is 7. The van der Waals surface area contributed by atoms with Crippen molar-refractivity contribution < 1.29 is 14.0 Å². The number of amides is 2. The van der Waals surface area contributed by atoms with E-state index in [0.29, 0.717) is 31.4 Å². The van der Waals surface area contributed by atoms with Gasteiger partial charge < -0.3 is 10.2 Å². The third kappa shape index (κ3) is 6.03. The third-order valence-corrected chi connectivity index (χ3v) is 3.90. The Morgan fingerprint density at radius 3 is 2.08 bits per heavy atom. The topological polar surface area (TPSA) is 49.4 Å². The molecule has 0 aliphatic carbocycles. The standard InChI is InChI=1S/C20H23FN2O2/c1-23(2)20(25)17-8-3-15(4-9-17)7-12-19(24)22-14-13-16-5-10-18(21)11-6-16/h3-6,8-11H,7,12-14H2,1-2H3,(H,22,24). The van der Waals surface area contributed by atoms with Crippen LogP contribution in [0.25, 0.3) is 0 Å². The summed E-state index contributed by atoms with van der Waals surface area (Å²) in [5, 5.41) is 2.87. The van der Waals surface area contributed by atoms with Gasteiger partial charge >= 0.3 is 0 Å². The number of carbonyl (C=O) groups excluding carboxylic acids is 2. The molecule has 0 saturated heterocycles. The summed E-state index contributed by atoms with van der Waals surface area (Å²) in [4.78, 5) is 25.2. The van der Waals surface area contributed by atoms with Crippen molar-refractivity contribution in [2.24, 2.45) is 0 Å². The molecule has 2 rings (SSSR count). The second kappa shape index (κ2) is 8.97. The van der Waals surface area contributed by atoms with Crippen LogP contribution in [-0.4, -0.2) is 37.4 Å². The van der Waals surface area contributed by atoms with Crippen LogP contribution in [0.5, 0.6) is 0 Å². The van der Waals surface area contributed by atoms with Crippen LogP contribution in [0.4, 0.5) is 4.39 Å². The number of aryl methyl sites for hydroxylation is 1. The Balaban J connectivity index is 1.72. The molecule has 0 saturated carbocycles. The fraction of sp³-hybridized carbons (Fsp3) is 0.300. The zero-order chi connectivity index (χ0) is 18.2. The van der Waals surface area contributed by atoms with E-state index < -0.39 is 0 Å². The molecular weight excluding hydrogens is 319 g/mol. The van der Waals surface area contributed by atoms with Crippen molar-refractivity contribution in [1.29, 1.82) is 0 Å². The molecule has 5 heteroatoms. The number of nitrogens with one attached hydrogen (secondary N) is 1. The fourth-order valence-electron chi connectivity index (χ4n) is 2.42. The zero-order valence-corrected chi connectivity index (χ0v) is 14.6. The minimum atomic E-state index is -0.258. The summed E-state index contributed by atoms with van der Waals surface area (Å²) in [5.74, 6) is -0.313. The van der Waals surface area contributed by atoms with Crippen LogP contribution in [0.15, 0.2) is 48.5 Å². The molecule has 132 valence electrons. The molecule has 1 N–H and O–H groups in total. The minimum absolute atomic E-state index is 0.0180. The highest BCUT2D eigenvalue weighted by Gasteiger charge is 2.08. The SMILES string of the molecule is CN(C)C(=O)c1ccc(CCC(=O)NCCc2ccc(F)cc2)cc1. The molecule has 0 aliphatic heterocycles. The summed E-state index contributed by atoms with van der Waals surface area (Å²) in [7, 11) is 3.43. The lowest BCUT2D eigenvalue weighted by atomic mass is 10.1. The van der Waals surface area contributed by atoms with E-state index in [-0.39, 0.29) is 17.6 Å². The first-order valence-corrected chi connectivity index (χ1v) is 8.27. The summed E-state index contributed by atoms with van der Waals surface area (Å²) < 4.78 is 12.8. The van der Waals surface area contributed by atoms with Crippen LogP contribution in [0.1, 0.15) is 27.9 Å². The molecule has 0 unspecified atom stereocenters. The first-order valence-electron chi connectivity index (χ1n) is 8.27. The van der Waals surface area contributed by atoms with Gasteiger partial charge in [0.1, 0.15) is 5.82 Å². The van der Waals surface area contributed by atoms with Gasteiger partial charge in [-0.05, 0) is 48.2 Å². The van der Waals surface area contributed by atoms with Gasteiger partial charge in [-0.1, -0.05) is 24.3 Å². The van der Waals surface area contributed by atoms with E-state index in [0.717, 1.165) is 11.1 Å². The summed E-state index contributed by atoms with van der Waals surface area (Å²) >= 11 is 0. The predicted molar refractivity (Wildman–Crippen MR) is 95.9 cm³/mol. The Bertz CT molecular complexity index is 709. The maximum absolute atomic E-state index is 12.8. The maximum Gasteiger partial charge on any atom is 0.253 e. The average molecular weight is 342 g/mol. The molecule has 0 aliphatic rings. The molecule has 0 fully saturated rings. The first kappa shape index (κ1) is 18.6. The van der Waals surface area contributed by atoms with Gasteiger partial charge in [-0.15, -0.1) is 0 Å². The van der Waals surface area contributed by atoms with E-state index in [1.165, 1.54) is 17.0 Å². The minimum Gasteiger partial charge on any atom is -0.356 e. The van der Waals surface area contributed by atoms with Gasteiger partial charge in [-0.3, -0.25) is 9.59 Å². The van der Waals surface area contributed by atoms with Crippen LogP contribution in [0, 0.1) is 5.82 Å². The molecule has 0 spiro atoms. The smallest absolute Gasteiger partial charge is 0.253 e. The van der Waals surface area contributed by atoms with Gasteiger partial charge in [0.2, 0.25) is 5.91 Å². The number of carbonyl (C=O) groups is 2.